The normalized spacial score (nSPS) is 10.4. The predicted octanol–water partition coefficient (Wildman–Crippen LogP) is 3.76. The molecule has 0 aromatic heterocycles. The van der Waals surface area contributed by atoms with Gasteiger partial charge in [0.1, 0.15) is 5.75 Å². The summed E-state index contributed by atoms with van der Waals surface area (Å²) in [5.74, 6) is 1.88. The van der Waals surface area contributed by atoms with Crippen LogP contribution in [0.3, 0.4) is 0 Å². The number of carbonyl (C=O) groups excluding carboxylic acids is 2. The number of rotatable bonds is 8. The number of benzene rings is 2. The highest BCUT2D eigenvalue weighted by molar-refractivity contribution is 7.99. The van der Waals surface area contributed by atoms with Gasteiger partial charge in [-0.05, 0) is 49.2 Å². The zero-order valence-corrected chi connectivity index (χ0v) is 17.1. The summed E-state index contributed by atoms with van der Waals surface area (Å²) in [5, 5.41) is 2.84. The Labute approximate surface area is 165 Å². The van der Waals surface area contributed by atoms with Crippen molar-refractivity contribution in [2.75, 3.05) is 37.5 Å². The summed E-state index contributed by atoms with van der Waals surface area (Å²) >= 11 is 1.53. The highest BCUT2D eigenvalue weighted by atomic mass is 32.2. The van der Waals surface area contributed by atoms with Gasteiger partial charge in [-0.1, -0.05) is 18.2 Å². The first kappa shape index (κ1) is 20.8. The molecule has 144 valence electrons. The van der Waals surface area contributed by atoms with E-state index in [0.29, 0.717) is 23.6 Å². The Balaban J connectivity index is 1.71. The molecule has 0 aliphatic rings. The molecule has 0 saturated heterocycles. The third kappa shape index (κ3) is 6.32. The van der Waals surface area contributed by atoms with Crippen molar-refractivity contribution in [3.63, 3.8) is 0 Å². The van der Waals surface area contributed by atoms with Gasteiger partial charge in [-0.2, -0.15) is 0 Å². The average Bonchev–Trinajstić information content (AvgIpc) is 2.63. The lowest BCUT2D eigenvalue weighted by molar-refractivity contribution is -0.113. The fourth-order valence-corrected chi connectivity index (χ4v) is 3.15. The van der Waals surface area contributed by atoms with Crippen molar-refractivity contribution in [3.8, 4) is 5.75 Å². The third-order valence-electron chi connectivity index (χ3n) is 3.94. The number of thioether (sulfide) groups is 1. The van der Waals surface area contributed by atoms with Crippen LogP contribution in [-0.2, 0) is 4.79 Å². The fourth-order valence-electron chi connectivity index (χ4n) is 2.55. The maximum atomic E-state index is 12.0. The van der Waals surface area contributed by atoms with E-state index in [0.717, 1.165) is 22.6 Å². The summed E-state index contributed by atoms with van der Waals surface area (Å²) in [6.07, 6.45) is 0. The van der Waals surface area contributed by atoms with E-state index in [1.807, 2.05) is 32.0 Å². The van der Waals surface area contributed by atoms with Crippen molar-refractivity contribution in [2.24, 2.45) is 0 Å². The molecule has 5 nitrogen and oxygen atoms in total. The van der Waals surface area contributed by atoms with Gasteiger partial charge in [-0.3, -0.25) is 9.59 Å². The zero-order valence-electron chi connectivity index (χ0n) is 16.2. The molecule has 0 unspecified atom stereocenters. The molecule has 0 atom stereocenters. The molecule has 2 aromatic carbocycles. The van der Waals surface area contributed by atoms with Gasteiger partial charge in [0.25, 0.3) is 5.91 Å². The van der Waals surface area contributed by atoms with Crippen LogP contribution in [0.15, 0.2) is 42.5 Å². The average molecular weight is 387 g/mol. The Morgan fingerprint density at radius 3 is 2.26 bits per heavy atom. The van der Waals surface area contributed by atoms with Crippen molar-refractivity contribution >= 4 is 29.3 Å². The van der Waals surface area contributed by atoms with E-state index in [9.17, 15) is 9.59 Å². The standard InChI is InChI=1S/C21H26N2O3S/c1-15-6-5-7-16(2)20(15)26-12-13-27-14-19(24)22-18-10-8-17(9-11-18)21(25)23(3)4/h5-11H,12-14H2,1-4H3,(H,22,24). The van der Waals surface area contributed by atoms with Crippen LogP contribution in [-0.4, -0.2) is 48.9 Å². The van der Waals surface area contributed by atoms with Crippen molar-refractivity contribution in [1.29, 1.82) is 0 Å². The molecule has 2 rings (SSSR count). The van der Waals surface area contributed by atoms with Gasteiger partial charge in [0, 0.05) is 31.1 Å². The van der Waals surface area contributed by atoms with Crippen LogP contribution < -0.4 is 10.1 Å². The first-order valence-corrected chi connectivity index (χ1v) is 9.92. The summed E-state index contributed by atoms with van der Waals surface area (Å²) in [6.45, 7) is 4.62. The Kier molecular flexibility index (Phi) is 7.73. The smallest absolute Gasteiger partial charge is 0.253 e. The third-order valence-corrected chi connectivity index (χ3v) is 4.86. The maximum absolute atomic E-state index is 12.0. The van der Waals surface area contributed by atoms with E-state index in [2.05, 4.69) is 5.32 Å². The topological polar surface area (TPSA) is 58.6 Å². The quantitative estimate of drug-likeness (QED) is 0.702. The SMILES string of the molecule is Cc1cccc(C)c1OCCSCC(=O)Nc1ccc(C(=O)N(C)C)cc1. The number of nitrogens with one attached hydrogen (secondary N) is 1. The molecular weight excluding hydrogens is 360 g/mol. The van der Waals surface area contributed by atoms with Crippen molar-refractivity contribution in [3.05, 3.63) is 59.2 Å². The minimum absolute atomic E-state index is 0.0627. The number of nitrogens with zero attached hydrogens (tertiary/aromatic N) is 1. The Morgan fingerprint density at radius 2 is 1.67 bits per heavy atom. The molecule has 2 amide bonds. The second-order valence-electron chi connectivity index (χ2n) is 6.45. The number of amides is 2. The fraction of sp³-hybridized carbons (Fsp3) is 0.333. The van der Waals surface area contributed by atoms with E-state index in [1.165, 1.54) is 16.7 Å². The van der Waals surface area contributed by atoms with Gasteiger partial charge in [-0.25, -0.2) is 0 Å². The Bertz CT molecular complexity index is 768. The lowest BCUT2D eigenvalue weighted by Gasteiger charge is -2.12. The summed E-state index contributed by atoms with van der Waals surface area (Å²) in [7, 11) is 3.42. The molecule has 0 radical (unpaired) electrons. The van der Waals surface area contributed by atoms with Gasteiger partial charge in [0.05, 0.1) is 12.4 Å². The lowest BCUT2D eigenvalue weighted by Crippen LogP contribution is -2.21. The molecule has 6 heteroatoms. The molecule has 0 aliphatic heterocycles. The number of hydrogen-bond donors (Lipinski definition) is 1. The number of carbonyl (C=O) groups is 2. The van der Waals surface area contributed by atoms with E-state index < -0.39 is 0 Å². The van der Waals surface area contributed by atoms with Crippen LogP contribution in [0.2, 0.25) is 0 Å². The van der Waals surface area contributed by atoms with Gasteiger partial charge in [-0.15, -0.1) is 11.8 Å². The largest absolute Gasteiger partial charge is 0.492 e. The number of anilines is 1. The summed E-state index contributed by atoms with van der Waals surface area (Å²) < 4.78 is 5.83. The monoisotopic (exact) mass is 386 g/mol. The minimum Gasteiger partial charge on any atom is -0.492 e. The van der Waals surface area contributed by atoms with E-state index in [1.54, 1.807) is 38.4 Å². The van der Waals surface area contributed by atoms with E-state index >= 15 is 0 Å². The molecule has 0 bridgehead atoms. The number of para-hydroxylation sites is 1. The predicted molar refractivity (Wildman–Crippen MR) is 112 cm³/mol. The van der Waals surface area contributed by atoms with Crippen molar-refractivity contribution in [2.45, 2.75) is 13.8 Å². The molecule has 1 N–H and O–H groups in total. The van der Waals surface area contributed by atoms with Crippen molar-refractivity contribution in [1.82, 2.24) is 4.90 Å². The molecule has 0 heterocycles. The summed E-state index contributed by atoms with van der Waals surface area (Å²) in [4.78, 5) is 25.4. The highest BCUT2D eigenvalue weighted by Crippen LogP contribution is 2.22. The van der Waals surface area contributed by atoms with E-state index in [-0.39, 0.29) is 11.8 Å². The minimum atomic E-state index is -0.0706. The van der Waals surface area contributed by atoms with Crippen LogP contribution in [0, 0.1) is 13.8 Å². The number of hydrogen-bond acceptors (Lipinski definition) is 4. The second kappa shape index (κ2) is 10.0. The van der Waals surface area contributed by atoms with Gasteiger partial charge in [0.15, 0.2) is 0 Å². The molecule has 0 fully saturated rings. The molecule has 0 aliphatic carbocycles. The van der Waals surface area contributed by atoms with Crippen LogP contribution in [0.25, 0.3) is 0 Å². The van der Waals surface area contributed by atoms with Crippen molar-refractivity contribution < 1.29 is 14.3 Å². The Morgan fingerprint density at radius 1 is 1.04 bits per heavy atom. The van der Waals surface area contributed by atoms with E-state index in [4.69, 9.17) is 4.74 Å². The zero-order chi connectivity index (χ0) is 19.8. The lowest BCUT2D eigenvalue weighted by atomic mass is 10.1. The van der Waals surface area contributed by atoms with Gasteiger partial charge >= 0.3 is 0 Å². The molecule has 0 spiro atoms. The second-order valence-corrected chi connectivity index (χ2v) is 7.55. The molecular formula is C21H26N2O3S. The first-order valence-electron chi connectivity index (χ1n) is 8.77. The molecule has 0 saturated carbocycles. The Hall–Kier alpha value is -2.47. The summed E-state index contributed by atoms with van der Waals surface area (Å²) in [6, 6.07) is 13.0. The number of ether oxygens (including phenoxy) is 1. The highest BCUT2D eigenvalue weighted by Gasteiger charge is 2.08. The number of aryl methyl sites for hydroxylation is 2. The van der Waals surface area contributed by atoms with Crippen LogP contribution in [0.4, 0.5) is 5.69 Å². The van der Waals surface area contributed by atoms with Gasteiger partial charge in [0.2, 0.25) is 5.91 Å². The maximum Gasteiger partial charge on any atom is 0.253 e. The first-order chi connectivity index (χ1) is 12.9. The van der Waals surface area contributed by atoms with Gasteiger partial charge < -0.3 is 15.0 Å². The molecule has 2 aromatic rings. The van der Waals surface area contributed by atoms with Crippen LogP contribution >= 0.6 is 11.8 Å². The van der Waals surface area contributed by atoms with Crippen LogP contribution in [0.1, 0.15) is 21.5 Å². The summed E-state index contributed by atoms with van der Waals surface area (Å²) in [5.41, 5.74) is 3.52. The van der Waals surface area contributed by atoms with Crippen LogP contribution in [0.5, 0.6) is 5.75 Å². The molecule has 27 heavy (non-hydrogen) atoms.